The quantitative estimate of drug-likeness (QED) is 0.873. The van der Waals surface area contributed by atoms with E-state index in [0.717, 1.165) is 49.9 Å². The smallest absolute Gasteiger partial charge is 0.308 e. The van der Waals surface area contributed by atoms with E-state index in [2.05, 4.69) is 9.88 Å². The number of piperidine rings is 1. The van der Waals surface area contributed by atoms with Gasteiger partial charge in [-0.2, -0.15) is 4.98 Å². The van der Waals surface area contributed by atoms with Crippen LogP contribution in [0.5, 0.6) is 0 Å². The standard InChI is InChI=1S/C21H25N3O4/c25-19(24-11-15(13-5-6-13)16(12-24)20(26)27)14-7-9-23(10-8-14)21-22-17-3-1-2-4-18(17)28-21/h1-4,13-16H,5-12H2,(H,26,27)/t15-,16+/m1/s1. The zero-order valence-corrected chi connectivity index (χ0v) is 15.8. The van der Waals surface area contributed by atoms with E-state index in [1.165, 1.54) is 0 Å². The zero-order valence-electron chi connectivity index (χ0n) is 15.8. The van der Waals surface area contributed by atoms with Gasteiger partial charge in [0.15, 0.2) is 5.58 Å². The molecule has 1 aromatic heterocycles. The Balaban J connectivity index is 1.21. The Morgan fingerprint density at radius 3 is 2.50 bits per heavy atom. The molecule has 3 aliphatic rings. The van der Waals surface area contributed by atoms with E-state index >= 15 is 0 Å². The van der Waals surface area contributed by atoms with Crippen molar-refractivity contribution < 1.29 is 19.1 Å². The molecule has 0 bridgehead atoms. The number of carbonyl (C=O) groups is 2. The van der Waals surface area contributed by atoms with E-state index in [9.17, 15) is 14.7 Å². The maximum absolute atomic E-state index is 13.0. The molecule has 0 spiro atoms. The first-order valence-electron chi connectivity index (χ1n) is 10.2. The van der Waals surface area contributed by atoms with Crippen LogP contribution in [-0.4, -0.2) is 53.0 Å². The van der Waals surface area contributed by atoms with E-state index in [-0.39, 0.29) is 17.7 Å². The molecule has 5 rings (SSSR count). The summed E-state index contributed by atoms with van der Waals surface area (Å²) in [5.41, 5.74) is 1.62. The molecular formula is C21H25N3O4. The van der Waals surface area contributed by atoms with Gasteiger partial charge in [0, 0.05) is 32.1 Å². The number of likely N-dealkylation sites (tertiary alicyclic amines) is 1. The van der Waals surface area contributed by atoms with Gasteiger partial charge in [-0.3, -0.25) is 9.59 Å². The van der Waals surface area contributed by atoms with Crippen molar-refractivity contribution in [1.29, 1.82) is 0 Å². The topological polar surface area (TPSA) is 86.9 Å². The van der Waals surface area contributed by atoms with Crippen molar-refractivity contribution in [2.45, 2.75) is 25.7 Å². The van der Waals surface area contributed by atoms with Crippen LogP contribution in [0.15, 0.2) is 28.7 Å². The average Bonchev–Trinajstić information content (AvgIpc) is 3.30. The van der Waals surface area contributed by atoms with Crippen molar-refractivity contribution in [3.8, 4) is 0 Å². The maximum Gasteiger partial charge on any atom is 0.308 e. The molecule has 2 aromatic rings. The van der Waals surface area contributed by atoms with Crippen LogP contribution in [0.1, 0.15) is 25.7 Å². The lowest BCUT2D eigenvalue weighted by molar-refractivity contribution is -0.143. The molecular weight excluding hydrogens is 358 g/mol. The van der Waals surface area contributed by atoms with Crippen LogP contribution >= 0.6 is 0 Å². The van der Waals surface area contributed by atoms with E-state index in [1.54, 1.807) is 0 Å². The Bertz CT molecular complexity index is 865. The molecule has 7 nitrogen and oxygen atoms in total. The molecule has 1 N–H and O–H groups in total. The molecule has 7 heteroatoms. The van der Waals surface area contributed by atoms with Crippen molar-refractivity contribution in [2.75, 3.05) is 31.1 Å². The number of carbonyl (C=O) groups excluding carboxylic acids is 1. The summed E-state index contributed by atoms with van der Waals surface area (Å²) >= 11 is 0. The first-order chi connectivity index (χ1) is 13.6. The van der Waals surface area contributed by atoms with Crippen LogP contribution in [0.25, 0.3) is 11.1 Å². The number of amides is 1. The normalized spacial score (nSPS) is 26.1. The fraction of sp³-hybridized carbons (Fsp3) is 0.571. The number of carboxylic acid groups (broad SMARTS) is 1. The molecule has 1 amide bonds. The minimum absolute atomic E-state index is 0.0342. The number of rotatable bonds is 4. The number of nitrogens with zero attached hydrogens (tertiary/aromatic N) is 3. The summed E-state index contributed by atoms with van der Waals surface area (Å²) in [6.45, 7) is 2.45. The Kier molecular flexibility index (Phi) is 4.25. The Morgan fingerprint density at radius 1 is 1.07 bits per heavy atom. The number of oxazole rings is 1. The summed E-state index contributed by atoms with van der Waals surface area (Å²) in [4.78, 5) is 33.1. The van der Waals surface area contributed by atoms with Gasteiger partial charge in [0.2, 0.25) is 5.91 Å². The number of aromatic nitrogens is 1. The van der Waals surface area contributed by atoms with Crippen LogP contribution in [0, 0.1) is 23.7 Å². The number of carboxylic acids is 1. The third-order valence-electron chi connectivity index (χ3n) is 6.62. The summed E-state index contributed by atoms with van der Waals surface area (Å²) in [6.07, 6.45) is 3.72. The number of fused-ring (bicyclic) bond motifs is 1. The van der Waals surface area contributed by atoms with Gasteiger partial charge < -0.3 is 19.3 Å². The van der Waals surface area contributed by atoms with E-state index in [4.69, 9.17) is 4.42 Å². The molecule has 148 valence electrons. The molecule has 1 saturated carbocycles. The second kappa shape index (κ2) is 6.79. The van der Waals surface area contributed by atoms with Gasteiger partial charge in [0.05, 0.1) is 5.92 Å². The van der Waals surface area contributed by atoms with E-state index in [1.807, 2.05) is 29.2 Å². The van der Waals surface area contributed by atoms with Crippen LogP contribution in [0.3, 0.4) is 0 Å². The van der Waals surface area contributed by atoms with Gasteiger partial charge >= 0.3 is 5.97 Å². The predicted molar refractivity (Wildman–Crippen MR) is 103 cm³/mol. The van der Waals surface area contributed by atoms with E-state index < -0.39 is 11.9 Å². The fourth-order valence-corrected chi connectivity index (χ4v) is 4.84. The minimum Gasteiger partial charge on any atom is -0.481 e. The second-order valence-electron chi connectivity index (χ2n) is 8.41. The highest BCUT2D eigenvalue weighted by Gasteiger charge is 2.47. The van der Waals surface area contributed by atoms with Gasteiger partial charge in [-0.05, 0) is 49.7 Å². The number of para-hydroxylation sites is 2. The lowest BCUT2D eigenvalue weighted by Crippen LogP contribution is -2.42. The molecule has 0 radical (unpaired) electrons. The monoisotopic (exact) mass is 383 g/mol. The summed E-state index contributed by atoms with van der Waals surface area (Å²) in [6, 6.07) is 8.33. The first-order valence-corrected chi connectivity index (χ1v) is 10.2. The second-order valence-corrected chi connectivity index (χ2v) is 8.41. The van der Waals surface area contributed by atoms with Crippen molar-refractivity contribution in [2.24, 2.45) is 23.7 Å². The molecule has 0 unspecified atom stereocenters. The number of aliphatic carboxylic acids is 1. The molecule has 1 aliphatic carbocycles. The molecule has 3 fully saturated rings. The summed E-state index contributed by atoms with van der Waals surface area (Å²) in [5.74, 6) is -0.407. The Morgan fingerprint density at radius 2 is 1.82 bits per heavy atom. The van der Waals surface area contributed by atoms with Crippen molar-refractivity contribution in [1.82, 2.24) is 9.88 Å². The summed E-state index contributed by atoms with van der Waals surface area (Å²) in [7, 11) is 0. The first kappa shape index (κ1) is 17.5. The lowest BCUT2D eigenvalue weighted by Gasteiger charge is -2.32. The highest BCUT2D eigenvalue weighted by atomic mass is 16.4. The van der Waals surface area contributed by atoms with Crippen LogP contribution in [0.2, 0.25) is 0 Å². The molecule has 28 heavy (non-hydrogen) atoms. The predicted octanol–water partition coefficient (Wildman–Crippen LogP) is 2.61. The molecule has 2 saturated heterocycles. The largest absolute Gasteiger partial charge is 0.481 e. The van der Waals surface area contributed by atoms with Gasteiger partial charge in [-0.15, -0.1) is 0 Å². The Hall–Kier alpha value is -2.57. The van der Waals surface area contributed by atoms with Crippen molar-refractivity contribution in [3.63, 3.8) is 0 Å². The van der Waals surface area contributed by atoms with Gasteiger partial charge in [0.1, 0.15) is 5.52 Å². The number of hydrogen-bond acceptors (Lipinski definition) is 5. The fourth-order valence-electron chi connectivity index (χ4n) is 4.84. The minimum atomic E-state index is -0.752. The zero-order chi connectivity index (χ0) is 19.3. The number of benzene rings is 1. The van der Waals surface area contributed by atoms with Crippen molar-refractivity contribution in [3.05, 3.63) is 24.3 Å². The lowest BCUT2D eigenvalue weighted by atomic mass is 9.92. The third-order valence-corrected chi connectivity index (χ3v) is 6.62. The van der Waals surface area contributed by atoms with Crippen molar-refractivity contribution >= 4 is 29.0 Å². The summed E-state index contributed by atoms with van der Waals surface area (Å²) < 4.78 is 5.84. The van der Waals surface area contributed by atoms with Crippen LogP contribution < -0.4 is 4.90 Å². The molecule has 2 atom stereocenters. The average molecular weight is 383 g/mol. The third kappa shape index (κ3) is 3.12. The van der Waals surface area contributed by atoms with E-state index in [0.29, 0.717) is 25.0 Å². The molecule has 2 aliphatic heterocycles. The highest BCUT2D eigenvalue weighted by molar-refractivity contribution is 5.81. The molecule has 1 aromatic carbocycles. The van der Waals surface area contributed by atoms with Gasteiger partial charge in [0.25, 0.3) is 6.01 Å². The number of hydrogen-bond donors (Lipinski definition) is 1. The van der Waals surface area contributed by atoms with Gasteiger partial charge in [-0.25, -0.2) is 0 Å². The summed E-state index contributed by atoms with van der Waals surface area (Å²) in [5, 5.41) is 9.53. The molecule has 3 heterocycles. The number of anilines is 1. The van der Waals surface area contributed by atoms with Crippen LogP contribution in [0.4, 0.5) is 6.01 Å². The Labute approximate surface area is 163 Å². The van der Waals surface area contributed by atoms with Crippen LogP contribution in [-0.2, 0) is 9.59 Å². The van der Waals surface area contributed by atoms with Gasteiger partial charge in [-0.1, -0.05) is 12.1 Å². The SMILES string of the molecule is O=C(O)[C@H]1CN(C(=O)C2CCN(c3nc4ccccc4o3)CC2)C[C@@H]1C1CC1. The maximum atomic E-state index is 13.0. The highest BCUT2D eigenvalue weighted by Crippen LogP contribution is 2.44.